The minimum absolute atomic E-state index is 0. The van der Waals surface area contributed by atoms with E-state index in [1.54, 1.807) is 0 Å². The molecule has 0 saturated heterocycles. The largest absolute Gasteiger partial charge is 1.00 e. The van der Waals surface area contributed by atoms with E-state index in [-0.39, 0.29) is 40.5 Å². The monoisotopic (exact) mass is 339 g/mol. The Morgan fingerprint density at radius 2 is 1.92 bits per heavy atom. The van der Waals surface area contributed by atoms with Crippen LogP contribution >= 0.6 is 31.9 Å². The summed E-state index contributed by atoms with van der Waals surface area (Å²) < 4.78 is 30.5. The summed E-state index contributed by atoms with van der Waals surface area (Å²) in [5.41, 5.74) is 0. The Morgan fingerprint density at radius 1 is 1.38 bits per heavy atom. The first kappa shape index (κ1) is 14.0. The van der Waals surface area contributed by atoms with Crippen LogP contribution in [0.1, 0.15) is 1.43 Å². The van der Waals surface area contributed by atoms with Crippen LogP contribution in [0.5, 0.6) is 0 Å². The molecule has 0 atom stereocenters. The number of nitrogens with zero attached hydrogens (tertiary/aromatic N) is 1. The zero-order chi connectivity index (χ0) is 9.35. The van der Waals surface area contributed by atoms with Crippen LogP contribution in [0, 0.1) is 0 Å². The fourth-order valence-corrected chi connectivity index (χ4v) is 2.57. The minimum atomic E-state index is -4.18. The third-order valence-electron chi connectivity index (χ3n) is 1.06. The van der Waals surface area contributed by atoms with Gasteiger partial charge in [0, 0.05) is 0 Å². The Labute approximate surface area is 116 Å². The Bertz CT molecular complexity index is 413. The van der Waals surface area contributed by atoms with Gasteiger partial charge in [-0.05, 0) is 44.0 Å². The average molecular weight is 341 g/mol. The maximum absolute atomic E-state index is 10.6. The van der Waals surface area contributed by atoms with Crippen LogP contribution in [0.2, 0.25) is 0 Å². The van der Waals surface area contributed by atoms with Gasteiger partial charge in [-0.25, -0.2) is 4.98 Å². The van der Waals surface area contributed by atoms with Crippen molar-refractivity contribution in [3.63, 3.8) is 0 Å². The molecule has 0 amide bonds. The second kappa shape index (κ2) is 5.20. The Morgan fingerprint density at radius 3 is 2.31 bits per heavy atom. The molecule has 8 heteroatoms. The van der Waals surface area contributed by atoms with E-state index in [0.717, 1.165) is 0 Å². The van der Waals surface area contributed by atoms with Crippen LogP contribution in [0.4, 0.5) is 0 Å². The Kier molecular flexibility index (Phi) is 5.61. The van der Waals surface area contributed by atoms with E-state index in [2.05, 4.69) is 36.8 Å². The van der Waals surface area contributed by atoms with E-state index >= 15 is 0 Å². The molecule has 0 fully saturated rings. The molecule has 0 aliphatic carbocycles. The molecule has 0 bridgehead atoms. The van der Waals surface area contributed by atoms with Crippen LogP contribution in [0.15, 0.2) is 26.2 Å². The van der Waals surface area contributed by atoms with E-state index in [9.17, 15) is 8.42 Å². The van der Waals surface area contributed by atoms with Crippen molar-refractivity contribution in [2.24, 2.45) is 0 Å². The molecule has 68 valence electrons. The fourth-order valence-electron chi connectivity index (χ4n) is 0.592. The molecule has 0 spiro atoms. The zero-order valence-electron chi connectivity index (χ0n) is 7.53. The second-order valence-electron chi connectivity index (χ2n) is 1.90. The molecule has 1 rings (SSSR count). The van der Waals surface area contributed by atoms with Crippen LogP contribution in [-0.4, -0.2) is 18.0 Å². The molecule has 0 aromatic carbocycles. The van der Waals surface area contributed by atoms with Gasteiger partial charge in [0.25, 0.3) is 10.1 Å². The summed E-state index contributed by atoms with van der Waals surface area (Å²) in [6.07, 6.45) is 0. The van der Waals surface area contributed by atoms with Crippen molar-refractivity contribution in [1.29, 1.82) is 0 Å². The number of halogens is 2. The maximum atomic E-state index is 10.6. The van der Waals surface area contributed by atoms with Crippen molar-refractivity contribution in [3.05, 3.63) is 21.3 Å². The third-order valence-corrected chi connectivity index (χ3v) is 3.25. The summed E-state index contributed by atoms with van der Waals surface area (Å²) in [5.74, 6) is 0. The molecule has 0 saturated carbocycles. The van der Waals surface area contributed by atoms with Gasteiger partial charge in [0.15, 0.2) is 0 Å². The number of pyridine rings is 1. The summed E-state index contributed by atoms with van der Waals surface area (Å²) in [6.45, 7) is 0. The van der Waals surface area contributed by atoms with Gasteiger partial charge >= 0.3 is 29.6 Å². The van der Waals surface area contributed by atoms with Crippen molar-refractivity contribution in [1.82, 2.24) is 4.98 Å². The Balaban J connectivity index is 0. The molecule has 1 aromatic rings. The van der Waals surface area contributed by atoms with Crippen LogP contribution in [0.3, 0.4) is 0 Å². The normalized spacial score (nSPS) is 10.7. The molecule has 4 nitrogen and oxygen atoms in total. The molecular formula is C5H4Br2NNaO3S. The maximum Gasteiger partial charge on any atom is 1.00 e. The minimum Gasteiger partial charge on any atom is -1.00 e. The zero-order valence-corrected chi connectivity index (χ0v) is 12.5. The third kappa shape index (κ3) is 3.94. The first-order valence-corrected chi connectivity index (χ1v) is 5.73. The van der Waals surface area contributed by atoms with Crippen molar-refractivity contribution in [2.45, 2.75) is 4.90 Å². The van der Waals surface area contributed by atoms with Gasteiger partial charge < -0.3 is 1.43 Å². The molecule has 1 N–H and O–H groups in total. The quantitative estimate of drug-likeness (QED) is 0.403. The molecule has 1 heterocycles. The van der Waals surface area contributed by atoms with Crippen LogP contribution in [-0.2, 0) is 10.1 Å². The van der Waals surface area contributed by atoms with E-state index in [1.165, 1.54) is 12.1 Å². The van der Waals surface area contributed by atoms with E-state index < -0.39 is 10.1 Å². The second-order valence-corrected chi connectivity index (χ2v) is 4.85. The number of aromatic nitrogens is 1. The van der Waals surface area contributed by atoms with Crippen LogP contribution in [0.25, 0.3) is 0 Å². The topological polar surface area (TPSA) is 67.3 Å². The van der Waals surface area contributed by atoms with E-state index in [1.807, 2.05) is 0 Å². The first-order chi connectivity index (χ1) is 5.41. The number of hydrogen-bond donors (Lipinski definition) is 1. The first-order valence-electron chi connectivity index (χ1n) is 2.71. The van der Waals surface area contributed by atoms with Gasteiger partial charge in [0.1, 0.15) is 14.1 Å². The van der Waals surface area contributed by atoms with Crippen LogP contribution < -0.4 is 29.6 Å². The molecule has 0 unspecified atom stereocenters. The average Bonchev–Trinajstić information content (AvgIpc) is 1.83. The molecule has 0 radical (unpaired) electrons. The molecule has 0 aliphatic rings. The van der Waals surface area contributed by atoms with Gasteiger partial charge in [-0.1, -0.05) is 0 Å². The standard InChI is InChI=1S/C5H3Br2NO3S.Na.H/c6-4-2-1-3(5(7)8-4)12(9,10)11;;/h1-2H,(H,9,10,11);;/q;+1;-1. The van der Waals surface area contributed by atoms with Crippen molar-refractivity contribution in [2.75, 3.05) is 0 Å². The van der Waals surface area contributed by atoms with Crippen molar-refractivity contribution in [3.8, 4) is 0 Å². The fraction of sp³-hybridized carbons (Fsp3) is 0. The van der Waals surface area contributed by atoms with Gasteiger partial charge in [0.2, 0.25) is 0 Å². The predicted octanol–water partition coefficient (Wildman–Crippen LogP) is -1.03. The molecule has 1 aromatic heterocycles. The van der Waals surface area contributed by atoms with E-state index in [4.69, 9.17) is 4.55 Å². The molecule has 0 aliphatic heterocycles. The van der Waals surface area contributed by atoms with Crippen molar-refractivity contribution < 1.29 is 44.0 Å². The summed E-state index contributed by atoms with van der Waals surface area (Å²) in [7, 11) is -4.18. The van der Waals surface area contributed by atoms with Gasteiger partial charge in [-0.15, -0.1) is 0 Å². The summed E-state index contributed by atoms with van der Waals surface area (Å²) in [6, 6.07) is 2.67. The van der Waals surface area contributed by atoms with Gasteiger partial charge in [0.05, 0.1) is 0 Å². The van der Waals surface area contributed by atoms with Gasteiger partial charge in [-0.3, -0.25) is 4.55 Å². The summed E-state index contributed by atoms with van der Waals surface area (Å²) in [5, 5.41) is 0. The molecular weight excluding hydrogens is 337 g/mol. The van der Waals surface area contributed by atoms with Gasteiger partial charge in [-0.2, -0.15) is 8.42 Å². The number of rotatable bonds is 1. The smallest absolute Gasteiger partial charge is 1.00 e. The van der Waals surface area contributed by atoms with Crippen molar-refractivity contribution >= 4 is 42.0 Å². The summed E-state index contributed by atoms with van der Waals surface area (Å²) in [4.78, 5) is 3.49. The Hall–Kier alpha value is 1.02. The number of hydrogen-bond acceptors (Lipinski definition) is 3. The predicted molar refractivity (Wildman–Crippen MR) is 50.6 cm³/mol. The molecule has 13 heavy (non-hydrogen) atoms. The van der Waals surface area contributed by atoms with E-state index in [0.29, 0.717) is 4.60 Å². The SMILES string of the molecule is O=S(=O)(O)c1ccc(Br)nc1Br.[H-].[Na+]. The summed E-state index contributed by atoms with van der Waals surface area (Å²) >= 11 is 5.95.